The van der Waals surface area contributed by atoms with E-state index in [1.54, 1.807) is 78.9 Å². The van der Waals surface area contributed by atoms with Crippen molar-refractivity contribution in [3.8, 4) is 0 Å². The largest absolute Gasteiger partial charge is 0.477 e. The number of aliphatic hydroxyl groups is 22. The van der Waals surface area contributed by atoms with Crippen molar-refractivity contribution in [3.05, 3.63) is 131 Å². The number of hydrogen-bond donors (Lipinski definition) is 28. The van der Waals surface area contributed by atoms with E-state index < -0.39 is 345 Å². The van der Waals surface area contributed by atoms with Crippen LogP contribution in [0.25, 0.3) is 21.5 Å². The summed E-state index contributed by atoms with van der Waals surface area (Å²) in [5.41, 5.74) is 1.42. The molecule has 13 rings (SSSR count). The van der Waals surface area contributed by atoms with Crippen LogP contribution in [0.15, 0.2) is 109 Å². The molecule has 42 atom stereocenters. The quantitative estimate of drug-likeness (QED) is 0.0128. The molecular formula is C92H126N4Na2O46. The number of rotatable bonds is 40. The Balaban J connectivity index is 0.00000988. The number of hydrogen-bond acceptors (Lipinski definition) is 44. The van der Waals surface area contributed by atoms with Crippen LogP contribution in [0.5, 0.6) is 0 Å². The average Bonchev–Trinajstić information content (AvgIpc) is 0.750. The van der Waals surface area contributed by atoms with Crippen molar-refractivity contribution in [1.29, 1.82) is 0 Å². The van der Waals surface area contributed by atoms with E-state index in [0.29, 0.717) is 32.7 Å². The standard InChI is InChI=1S/C92H126N4O46.2Na/c1-37-61(109)67(115)69(117)85(129-37)137-77-59(95-81(121)47-22-20-43-16-5-7-18-45(43)27-47)83(133-55(35-101)73(77)135-87-71(119)79(65(113)53(33-99)131-87)141-91(89(123)124)29-49(105)57(93-39(3)103)75(139-91)63(111)51(107)31-97)127-24-10-14-41-12-9-13-42(26-41)15-11-25-128-84-60(96-82(122)48-23-21-44-17-6-8-19-46(44)28-48)78(138-86-70(118)68(116)62(110)38(2)130-86)74(56(36-102)134-84)136-88-72(120)80(66(114)54(34-100)132-88)142-92(90(125)126)30-50(106)58(94-40(4)104)76(140-92)64(112)52(108)32-98;;/h5-9,12-13,16-23,26-28,37-38,49-80,83-88,97-102,105-120H,10-11,14-15,24-25,29-36H2,1-4H3,(H,93,103)(H,94,104)(H,95,121)(H,96,122)(H,123,124)(H,125,126);;/t37-,38-,49-,50-,51+,52+,53+,54+,55+,56+,57+,58+,59+,60+,61+,62+,63+,64+,65-,66-,67+,68+,69-,70-,71+,72+,73+,74+,75+,76+,77+,78+,79-,80-,83+,84+,85-,86-,87+,88+,91-,92-;;/m0../s1. The van der Waals surface area contributed by atoms with Crippen molar-refractivity contribution in [2.24, 2.45) is 0 Å². The van der Waals surface area contributed by atoms with Gasteiger partial charge in [0, 0.05) is 96.9 Å². The van der Waals surface area contributed by atoms with Crippen molar-refractivity contribution in [2.45, 2.75) is 323 Å². The molecule has 8 saturated heterocycles. The molecule has 52 heteroatoms. The number of carbonyl (C=O) groups is 6. The van der Waals surface area contributed by atoms with Gasteiger partial charge in [-0.25, -0.2) is 9.59 Å². The number of aliphatic carboxylic acids is 2. The van der Waals surface area contributed by atoms with Crippen LogP contribution in [-0.2, 0) is 108 Å². The zero-order chi connectivity index (χ0) is 103. The van der Waals surface area contributed by atoms with Crippen molar-refractivity contribution in [1.82, 2.24) is 21.3 Å². The second kappa shape index (κ2) is 52.3. The van der Waals surface area contributed by atoms with Gasteiger partial charge < -0.3 is 220 Å². The Labute approximate surface area is 866 Å². The summed E-state index contributed by atoms with van der Waals surface area (Å²) in [7, 11) is 0. The number of amides is 4. The van der Waals surface area contributed by atoms with E-state index >= 15 is 9.59 Å². The van der Waals surface area contributed by atoms with Gasteiger partial charge in [-0.05, 0) is 96.5 Å². The van der Waals surface area contributed by atoms with Crippen LogP contribution in [-0.4, -0.2) is 527 Å². The molecule has 0 aliphatic carbocycles. The number of benzene rings is 5. The number of nitrogens with one attached hydrogen (secondary N) is 4. The van der Waals surface area contributed by atoms with Crippen molar-refractivity contribution >= 4 is 116 Å². The van der Waals surface area contributed by atoms with Crippen molar-refractivity contribution in [3.63, 3.8) is 0 Å². The molecule has 5 aromatic carbocycles. The van der Waals surface area contributed by atoms with E-state index in [0.717, 1.165) is 13.8 Å². The minimum absolute atomic E-state index is 0. The van der Waals surface area contributed by atoms with E-state index in [4.69, 9.17) is 75.8 Å². The van der Waals surface area contributed by atoms with Gasteiger partial charge in [0.05, 0.1) is 89.4 Å². The number of aryl methyl sites for hydroxylation is 2. The number of carboxylic acids is 2. The number of ether oxygens (including phenoxy) is 16. The fraction of sp³-hybridized carbons (Fsp3) is 0.652. The van der Waals surface area contributed by atoms with Gasteiger partial charge >= 0.3 is 11.9 Å². The third kappa shape index (κ3) is 26.8. The summed E-state index contributed by atoms with van der Waals surface area (Å²) in [5.74, 6) is -14.1. The van der Waals surface area contributed by atoms with Crippen LogP contribution in [0.2, 0.25) is 0 Å². The molecule has 0 spiro atoms. The summed E-state index contributed by atoms with van der Waals surface area (Å²) in [6, 6.07) is 23.5. The van der Waals surface area contributed by atoms with Gasteiger partial charge in [-0.1, -0.05) is 84.9 Å². The number of carbonyl (C=O) groups excluding carboxylic acids is 4. The molecule has 8 aliphatic rings. The molecule has 0 bridgehead atoms. The van der Waals surface area contributed by atoms with Crippen molar-refractivity contribution in [2.75, 3.05) is 52.9 Å². The van der Waals surface area contributed by atoms with Crippen LogP contribution in [0, 0.1) is 0 Å². The summed E-state index contributed by atoms with van der Waals surface area (Å²) in [4.78, 5) is 81.9. The Morgan fingerprint density at radius 2 is 0.715 bits per heavy atom. The first-order valence-corrected chi connectivity index (χ1v) is 46.3. The maximum atomic E-state index is 15.0. The maximum absolute atomic E-state index is 15.0. The van der Waals surface area contributed by atoms with E-state index in [-0.39, 0.29) is 109 Å². The van der Waals surface area contributed by atoms with Gasteiger partial charge in [0.25, 0.3) is 23.4 Å². The summed E-state index contributed by atoms with van der Waals surface area (Å²) in [6.07, 6.45) is -74.6. The second-order valence-electron chi connectivity index (χ2n) is 36.4. The van der Waals surface area contributed by atoms with E-state index in [1.807, 2.05) is 6.07 Å². The van der Waals surface area contributed by atoms with Gasteiger partial charge in [0.2, 0.25) is 11.8 Å². The first-order chi connectivity index (χ1) is 67.6. The predicted molar refractivity (Wildman–Crippen MR) is 483 cm³/mol. The van der Waals surface area contributed by atoms with Gasteiger partial charge in [0.15, 0.2) is 37.7 Å². The zero-order valence-electron chi connectivity index (χ0n) is 79.1. The fourth-order valence-electron chi connectivity index (χ4n) is 18.8. The minimum atomic E-state index is -3.26. The Morgan fingerprint density at radius 3 is 1.06 bits per heavy atom. The third-order valence-corrected chi connectivity index (χ3v) is 26.5. The van der Waals surface area contributed by atoms with Gasteiger partial charge in [-0.15, -0.1) is 0 Å². The Kier molecular flexibility index (Phi) is 42.9. The van der Waals surface area contributed by atoms with E-state index in [9.17, 15) is 142 Å². The molecule has 144 heavy (non-hydrogen) atoms. The normalized spacial score (nSPS) is 38.1. The fourth-order valence-corrected chi connectivity index (χ4v) is 18.8. The average molecular weight is 2070 g/mol. The molecule has 8 fully saturated rings. The van der Waals surface area contributed by atoms with Crippen LogP contribution in [0.4, 0.5) is 0 Å². The molecule has 28 N–H and O–H groups in total. The van der Waals surface area contributed by atoms with Crippen LogP contribution in [0.1, 0.15) is 85.2 Å². The molecule has 8 aliphatic heterocycles. The molecule has 0 unspecified atom stereocenters. The summed E-state index contributed by atoms with van der Waals surface area (Å²) < 4.78 is 99.4. The third-order valence-electron chi connectivity index (χ3n) is 26.5. The first kappa shape index (κ1) is 118. The van der Waals surface area contributed by atoms with E-state index in [2.05, 4.69) is 21.3 Å². The maximum Gasteiger partial charge on any atom is 0.364 e. The number of carboxylic acid groups (broad SMARTS) is 2. The Morgan fingerprint density at radius 1 is 0.375 bits per heavy atom. The minimum Gasteiger partial charge on any atom is -0.477 e. The SMILES string of the molecule is CC(=O)N[C@H]1[C@H]([C@H](O)[C@H](O)CO)O[C@@](O[C@H]2[C@@H](O)[C@@H](CO)O[C@H](O[C@H]3[C@H](O[C@@H]4O[C@@H](C)[C@@H](O)[C@@H](O)[C@@H]4O)[C@@H](NC(=O)c4ccc5ccccc5c4)[C@H](OCCCc4cccc(CCCO[C@@H]5O[C@H](CO)[C@@H](O[C@H]6O[C@H](CO)[C@H](O)[C@H](O[C@]7(C(=O)O)C[C@H](O)[C@@H](NC(C)=O)[C@H]([C@H](O)[C@H](O)CO)O7)[C@H]6O)[C@H](O[C@@H]6O[C@@H](C)[C@@H](O)[C@@H](O)[C@@H]6O)[C@H]5NC(=O)c5ccc6ccccc6c5)c4)O[C@@H]3CO)[C@@H]2O)(C(=O)O)C[C@@H]1O.[Na].[Na]. The van der Waals surface area contributed by atoms with Gasteiger partial charge in [-0.2, -0.15) is 0 Å². The molecule has 8 heterocycles. The molecule has 792 valence electrons. The number of aliphatic hydroxyl groups excluding tert-OH is 22. The Bertz CT molecular complexity index is 4720. The topological polar surface area (TPSA) is 784 Å². The zero-order valence-corrected chi connectivity index (χ0v) is 83.1. The molecular weight excluding hydrogens is 1940 g/mol. The summed E-state index contributed by atoms with van der Waals surface area (Å²) in [5, 5.41) is 282. The molecule has 2 radical (unpaired) electrons. The van der Waals surface area contributed by atoms with Crippen LogP contribution >= 0.6 is 0 Å². The smallest absolute Gasteiger partial charge is 0.364 e. The number of fused-ring (bicyclic) bond motifs is 2. The predicted octanol–water partition coefficient (Wildman–Crippen LogP) is -10.7. The van der Waals surface area contributed by atoms with Crippen LogP contribution in [0.3, 0.4) is 0 Å². The van der Waals surface area contributed by atoms with E-state index in [1.165, 1.54) is 38.1 Å². The first-order valence-electron chi connectivity index (χ1n) is 46.3. The molecule has 0 aromatic heterocycles. The molecule has 0 saturated carbocycles. The molecule has 4 amide bonds. The summed E-state index contributed by atoms with van der Waals surface area (Å²) >= 11 is 0. The van der Waals surface area contributed by atoms with Crippen molar-refractivity contribution < 1.29 is 227 Å². The van der Waals surface area contributed by atoms with Crippen LogP contribution < -0.4 is 21.3 Å². The molecule has 5 aromatic rings. The second-order valence-corrected chi connectivity index (χ2v) is 36.4. The summed E-state index contributed by atoms with van der Waals surface area (Å²) in [6.45, 7) is -2.74. The van der Waals surface area contributed by atoms with Gasteiger partial charge in [-0.3, -0.25) is 19.2 Å². The monoisotopic (exact) mass is 2070 g/mol. The Hall–Kier alpha value is -6.08. The van der Waals surface area contributed by atoms with Gasteiger partial charge in [0.1, 0.15) is 171 Å². The molecule has 50 nitrogen and oxygen atoms in total.